The van der Waals surface area contributed by atoms with Gasteiger partial charge in [-0.15, -0.1) is 11.8 Å². The molecule has 1 aliphatic rings. The van der Waals surface area contributed by atoms with Gasteiger partial charge in [0, 0.05) is 6.42 Å². The Hall–Kier alpha value is -0.870. The first-order valence-electron chi connectivity index (χ1n) is 6.14. The lowest BCUT2D eigenvalue weighted by atomic mass is 10.1. The van der Waals surface area contributed by atoms with E-state index in [1.165, 1.54) is 0 Å². The van der Waals surface area contributed by atoms with E-state index < -0.39 is 0 Å². The Labute approximate surface area is 142 Å². The van der Waals surface area contributed by atoms with Crippen LogP contribution in [0.2, 0.25) is 15.1 Å². The highest BCUT2D eigenvalue weighted by molar-refractivity contribution is 8.13. The highest BCUT2D eigenvalue weighted by Gasteiger charge is 2.18. The van der Waals surface area contributed by atoms with E-state index in [0.29, 0.717) is 26.6 Å². The van der Waals surface area contributed by atoms with Gasteiger partial charge in [0.15, 0.2) is 0 Å². The fraction of sp³-hybridized carbons (Fsp3) is 0.133. The molecule has 0 aliphatic carbocycles. The van der Waals surface area contributed by atoms with Crippen molar-refractivity contribution in [3.05, 3.63) is 51.0 Å². The van der Waals surface area contributed by atoms with Crippen LogP contribution in [0.5, 0.6) is 11.5 Å². The maximum atomic E-state index is 6.26. The largest absolute Gasteiger partial charge is 0.454 e. The van der Waals surface area contributed by atoms with E-state index >= 15 is 0 Å². The van der Waals surface area contributed by atoms with Crippen molar-refractivity contribution in [3.63, 3.8) is 0 Å². The molecule has 0 saturated heterocycles. The molecule has 3 rings (SSSR count). The van der Waals surface area contributed by atoms with Crippen LogP contribution in [0.1, 0.15) is 5.56 Å². The third-order valence-electron chi connectivity index (χ3n) is 3.09. The van der Waals surface area contributed by atoms with Crippen LogP contribution in [-0.4, -0.2) is 11.3 Å². The van der Waals surface area contributed by atoms with Crippen molar-refractivity contribution in [2.75, 3.05) is 6.26 Å². The molecular formula is C15H10Cl3NOS. The molecule has 0 amide bonds. The normalized spacial score (nSPS) is 13.0. The summed E-state index contributed by atoms with van der Waals surface area (Å²) in [5.41, 5.74) is 1.99. The molecule has 0 radical (unpaired) electrons. The lowest BCUT2D eigenvalue weighted by Crippen LogP contribution is -1.91. The van der Waals surface area contributed by atoms with Crippen LogP contribution < -0.4 is 4.74 Å². The van der Waals surface area contributed by atoms with Crippen molar-refractivity contribution in [1.82, 2.24) is 0 Å². The van der Waals surface area contributed by atoms with Crippen LogP contribution in [0.4, 0.5) is 5.69 Å². The first kappa shape index (κ1) is 15.0. The van der Waals surface area contributed by atoms with Crippen LogP contribution in [-0.2, 0) is 6.42 Å². The zero-order valence-corrected chi connectivity index (χ0v) is 14.1. The van der Waals surface area contributed by atoms with Crippen LogP contribution in [0.15, 0.2) is 35.3 Å². The van der Waals surface area contributed by atoms with Gasteiger partial charge in [-0.2, -0.15) is 0 Å². The average molecular weight is 359 g/mol. The SMILES string of the molecule is CSC1=Nc2cc(Cl)c(Oc3cccc(Cl)c3Cl)cc2C1. The number of nitrogens with zero attached hydrogens (tertiary/aromatic N) is 1. The summed E-state index contributed by atoms with van der Waals surface area (Å²) in [6, 6.07) is 8.95. The Morgan fingerprint density at radius 3 is 2.67 bits per heavy atom. The molecule has 2 aromatic rings. The molecule has 108 valence electrons. The van der Waals surface area contributed by atoms with Gasteiger partial charge in [0.1, 0.15) is 16.5 Å². The van der Waals surface area contributed by atoms with Gasteiger partial charge >= 0.3 is 0 Å². The molecule has 1 aliphatic heterocycles. The molecule has 2 aromatic carbocycles. The van der Waals surface area contributed by atoms with Gasteiger partial charge in [0.2, 0.25) is 0 Å². The molecule has 0 aromatic heterocycles. The molecule has 6 heteroatoms. The average Bonchev–Trinajstić information content (AvgIpc) is 2.86. The second-order valence-electron chi connectivity index (χ2n) is 4.45. The standard InChI is InChI=1S/C15H10Cl3NOS/c1-21-14-6-8-5-13(10(17)7-11(8)19-14)20-12-4-2-3-9(16)15(12)18/h2-5,7H,6H2,1H3. The minimum atomic E-state index is 0.372. The van der Waals surface area contributed by atoms with E-state index in [9.17, 15) is 0 Å². The minimum Gasteiger partial charge on any atom is -0.454 e. The molecule has 0 atom stereocenters. The van der Waals surface area contributed by atoms with E-state index in [1.807, 2.05) is 18.4 Å². The number of aliphatic imine (C=N–C) groups is 1. The Kier molecular flexibility index (Phi) is 4.36. The first-order valence-corrected chi connectivity index (χ1v) is 8.50. The summed E-state index contributed by atoms with van der Waals surface area (Å²) in [6.07, 6.45) is 2.81. The van der Waals surface area contributed by atoms with Gasteiger partial charge in [0.05, 0.1) is 20.8 Å². The summed E-state index contributed by atoms with van der Waals surface area (Å²) in [6.45, 7) is 0. The summed E-state index contributed by atoms with van der Waals surface area (Å²) in [5, 5.41) is 2.38. The van der Waals surface area contributed by atoms with Crippen molar-refractivity contribution in [3.8, 4) is 11.5 Å². The number of rotatable bonds is 2. The zero-order chi connectivity index (χ0) is 15.0. The highest BCUT2D eigenvalue weighted by atomic mass is 35.5. The van der Waals surface area contributed by atoms with E-state index in [-0.39, 0.29) is 0 Å². The summed E-state index contributed by atoms with van der Waals surface area (Å²) < 4.78 is 5.81. The monoisotopic (exact) mass is 357 g/mol. The van der Waals surface area contributed by atoms with Gasteiger partial charge in [-0.05, 0) is 36.1 Å². The van der Waals surface area contributed by atoms with Crippen molar-refractivity contribution >= 4 is 57.3 Å². The number of fused-ring (bicyclic) bond motifs is 1. The third-order valence-corrected chi connectivity index (χ3v) is 4.90. The smallest absolute Gasteiger partial charge is 0.147 e. The first-order chi connectivity index (χ1) is 10.1. The molecule has 2 nitrogen and oxygen atoms in total. The van der Waals surface area contributed by atoms with E-state index in [4.69, 9.17) is 39.5 Å². The Morgan fingerprint density at radius 1 is 1.10 bits per heavy atom. The Morgan fingerprint density at radius 2 is 1.90 bits per heavy atom. The molecule has 0 N–H and O–H groups in total. The van der Waals surface area contributed by atoms with E-state index in [0.717, 1.165) is 22.7 Å². The van der Waals surface area contributed by atoms with Crippen molar-refractivity contribution in [1.29, 1.82) is 0 Å². The van der Waals surface area contributed by atoms with E-state index in [2.05, 4.69) is 4.99 Å². The van der Waals surface area contributed by atoms with Gasteiger partial charge in [0.25, 0.3) is 0 Å². The van der Waals surface area contributed by atoms with Gasteiger partial charge in [-0.25, -0.2) is 4.99 Å². The number of thioether (sulfide) groups is 1. The quantitative estimate of drug-likeness (QED) is 0.620. The molecule has 21 heavy (non-hydrogen) atoms. The number of benzene rings is 2. The van der Waals surface area contributed by atoms with Gasteiger partial charge < -0.3 is 4.74 Å². The molecule has 0 saturated carbocycles. The fourth-order valence-corrected chi connectivity index (χ4v) is 3.06. The van der Waals surface area contributed by atoms with Gasteiger partial charge in [-0.1, -0.05) is 40.9 Å². The van der Waals surface area contributed by atoms with Gasteiger partial charge in [-0.3, -0.25) is 0 Å². The second kappa shape index (κ2) is 6.09. The molecule has 0 spiro atoms. The topological polar surface area (TPSA) is 21.6 Å². The fourth-order valence-electron chi connectivity index (χ4n) is 2.04. The Bertz CT molecular complexity index is 746. The van der Waals surface area contributed by atoms with E-state index in [1.54, 1.807) is 30.0 Å². The third kappa shape index (κ3) is 3.02. The predicted octanol–water partition coefficient (Wildman–Crippen LogP) is 6.39. The van der Waals surface area contributed by atoms with Crippen LogP contribution >= 0.6 is 46.6 Å². The predicted molar refractivity (Wildman–Crippen MR) is 92.3 cm³/mol. The summed E-state index contributed by atoms with van der Waals surface area (Å²) in [7, 11) is 0. The van der Waals surface area contributed by atoms with Crippen LogP contribution in [0.3, 0.4) is 0 Å². The molecule has 0 fully saturated rings. The Balaban J connectivity index is 1.94. The van der Waals surface area contributed by atoms with Crippen molar-refractivity contribution < 1.29 is 4.74 Å². The molecular weight excluding hydrogens is 349 g/mol. The summed E-state index contributed by atoms with van der Waals surface area (Å²) >= 11 is 20.0. The number of ether oxygens (including phenoxy) is 1. The number of hydrogen-bond acceptors (Lipinski definition) is 3. The maximum absolute atomic E-state index is 6.26. The van der Waals surface area contributed by atoms with Crippen LogP contribution in [0.25, 0.3) is 0 Å². The molecule has 0 bridgehead atoms. The van der Waals surface area contributed by atoms with Crippen molar-refractivity contribution in [2.45, 2.75) is 6.42 Å². The number of hydrogen-bond donors (Lipinski definition) is 0. The van der Waals surface area contributed by atoms with Crippen molar-refractivity contribution in [2.24, 2.45) is 4.99 Å². The minimum absolute atomic E-state index is 0.372. The molecule has 1 heterocycles. The lowest BCUT2D eigenvalue weighted by molar-refractivity contribution is 0.483. The highest BCUT2D eigenvalue weighted by Crippen LogP contribution is 2.41. The number of halogens is 3. The van der Waals surface area contributed by atoms with Crippen LogP contribution in [0, 0.1) is 0 Å². The summed E-state index contributed by atoms with van der Waals surface area (Å²) in [5.74, 6) is 1.03. The summed E-state index contributed by atoms with van der Waals surface area (Å²) in [4.78, 5) is 4.50. The zero-order valence-electron chi connectivity index (χ0n) is 11.0. The lowest BCUT2D eigenvalue weighted by Gasteiger charge is -2.11. The maximum Gasteiger partial charge on any atom is 0.147 e. The second-order valence-corrected chi connectivity index (χ2v) is 6.52. The molecule has 0 unspecified atom stereocenters.